The fourth-order valence-corrected chi connectivity index (χ4v) is 3.10. The lowest BCUT2D eigenvalue weighted by Gasteiger charge is -2.09. The van der Waals surface area contributed by atoms with E-state index < -0.39 is 5.97 Å². The molecule has 1 aliphatic rings. The third-order valence-corrected chi connectivity index (χ3v) is 4.84. The first kappa shape index (κ1) is 18.6. The Hall–Kier alpha value is -2.18. The first-order chi connectivity index (χ1) is 12.6. The Morgan fingerprint density at radius 3 is 2.54 bits per heavy atom. The smallest absolute Gasteiger partial charge is 0.316 e. The standard InChI is InChI=1S/C19H17ClO5S/c20-14-3-5-15(6-4-14)26-12-19(22)25-11-16(21)13-2-7-17-18(10-13)24-9-1-8-23-17/h2-7,10H,1,8-9,11-12H2. The summed E-state index contributed by atoms with van der Waals surface area (Å²) in [5.41, 5.74) is 0.424. The third kappa shape index (κ3) is 5.16. The normalized spacial score (nSPS) is 13.0. The number of esters is 1. The van der Waals surface area contributed by atoms with E-state index in [1.807, 2.05) is 12.1 Å². The molecular formula is C19H17ClO5S. The maximum Gasteiger partial charge on any atom is 0.316 e. The van der Waals surface area contributed by atoms with Crippen LogP contribution >= 0.6 is 23.4 Å². The van der Waals surface area contributed by atoms with E-state index in [2.05, 4.69) is 0 Å². The molecule has 0 aliphatic carbocycles. The van der Waals surface area contributed by atoms with Crippen LogP contribution < -0.4 is 9.47 Å². The Morgan fingerprint density at radius 1 is 1.04 bits per heavy atom. The van der Waals surface area contributed by atoms with Crippen LogP contribution in [0.2, 0.25) is 5.02 Å². The molecule has 7 heteroatoms. The Morgan fingerprint density at radius 2 is 1.77 bits per heavy atom. The van der Waals surface area contributed by atoms with Gasteiger partial charge in [0.05, 0.1) is 19.0 Å². The number of ketones is 1. The molecule has 2 aromatic carbocycles. The second-order valence-corrected chi connectivity index (χ2v) is 7.02. The molecule has 2 aromatic rings. The van der Waals surface area contributed by atoms with Gasteiger partial charge in [0, 0.05) is 21.9 Å². The van der Waals surface area contributed by atoms with Crippen LogP contribution in [0.5, 0.6) is 11.5 Å². The van der Waals surface area contributed by atoms with E-state index in [4.69, 9.17) is 25.8 Å². The van der Waals surface area contributed by atoms with Crippen molar-refractivity contribution in [3.05, 3.63) is 53.1 Å². The molecule has 0 N–H and O–H groups in total. The van der Waals surface area contributed by atoms with Crippen LogP contribution in [0.3, 0.4) is 0 Å². The van der Waals surface area contributed by atoms with Gasteiger partial charge in [0.1, 0.15) is 0 Å². The molecule has 0 amide bonds. The van der Waals surface area contributed by atoms with E-state index in [1.54, 1.807) is 30.3 Å². The average Bonchev–Trinajstić information content (AvgIpc) is 2.90. The zero-order chi connectivity index (χ0) is 18.4. The summed E-state index contributed by atoms with van der Waals surface area (Å²) in [4.78, 5) is 25.0. The zero-order valence-electron chi connectivity index (χ0n) is 13.9. The second kappa shape index (κ2) is 8.96. The van der Waals surface area contributed by atoms with Gasteiger partial charge in [-0.15, -0.1) is 11.8 Å². The van der Waals surface area contributed by atoms with Gasteiger partial charge < -0.3 is 14.2 Å². The van der Waals surface area contributed by atoms with Gasteiger partial charge in [-0.3, -0.25) is 9.59 Å². The van der Waals surface area contributed by atoms with Crippen molar-refractivity contribution < 1.29 is 23.8 Å². The van der Waals surface area contributed by atoms with Crippen LogP contribution in [-0.2, 0) is 9.53 Å². The molecule has 0 saturated heterocycles. The number of hydrogen-bond donors (Lipinski definition) is 0. The van der Waals surface area contributed by atoms with Crippen molar-refractivity contribution in [1.82, 2.24) is 0 Å². The molecule has 0 bridgehead atoms. The van der Waals surface area contributed by atoms with E-state index in [9.17, 15) is 9.59 Å². The van der Waals surface area contributed by atoms with Gasteiger partial charge in [0.2, 0.25) is 0 Å². The monoisotopic (exact) mass is 392 g/mol. The quantitative estimate of drug-likeness (QED) is 0.420. The molecule has 0 fully saturated rings. The summed E-state index contributed by atoms with van der Waals surface area (Å²) in [5, 5.41) is 0.637. The van der Waals surface area contributed by atoms with Crippen molar-refractivity contribution in [2.45, 2.75) is 11.3 Å². The molecule has 0 unspecified atom stereocenters. The van der Waals surface area contributed by atoms with Crippen LogP contribution in [-0.4, -0.2) is 37.3 Å². The van der Waals surface area contributed by atoms with Crippen LogP contribution in [0.4, 0.5) is 0 Å². The number of fused-ring (bicyclic) bond motifs is 1. The second-order valence-electron chi connectivity index (χ2n) is 5.54. The van der Waals surface area contributed by atoms with Crippen LogP contribution in [0.25, 0.3) is 0 Å². The molecule has 3 rings (SSSR count). The number of carbonyl (C=O) groups is 2. The van der Waals surface area contributed by atoms with Gasteiger partial charge >= 0.3 is 5.97 Å². The predicted molar refractivity (Wildman–Crippen MR) is 99.5 cm³/mol. The molecule has 0 radical (unpaired) electrons. The summed E-state index contributed by atoms with van der Waals surface area (Å²) in [7, 11) is 0. The predicted octanol–water partition coefficient (Wildman–Crippen LogP) is 4.02. The molecule has 0 spiro atoms. The minimum Gasteiger partial charge on any atom is -0.490 e. The Bertz CT molecular complexity index is 791. The lowest BCUT2D eigenvalue weighted by Crippen LogP contribution is -2.15. The van der Waals surface area contributed by atoms with Crippen molar-refractivity contribution in [1.29, 1.82) is 0 Å². The van der Waals surface area contributed by atoms with Crippen LogP contribution in [0, 0.1) is 0 Å². The van der Waals surface area contributed by atoms with Gasteiger partial charge in [-0.25, -0.2) is 0 Å². The summed E-state index contributed by atoms with van der Waals surface area (Å²) in [6.45, 7) is 0.824. The summed E-state index contributed by atoms with van der Waals surface area (Å²) < 4.78 is 16.2. The fourth-order valence-electron chi connectivity index (χ4n) is 2.28. The topological polar surface area (TPSA) is 61.8 Å². The molecule has 0 saturated carbocycles. The zero-order valence-corrected chi connectivity index (χ0v) is 15.5. The number of ether oxygens (including phenoxy) is 3. The first-order valence-electron chi connectivity index (χ1n) is 8.08. The van der Waals surface area contributed by atoms with E-state index in [-0.39, 0.29) is 18.1 Å². The minimum absolute atomic E-state index is 0.121. The SMILES string of the molecule is O=C(CSc1ccc(Cl)cc1)OCC(=O)c1ccc2c(c1)OCCCO2. The summed E-state index contributed by atoms with van der Waals surface area (Å²) >= 11 is 7.14. The number of benzene rings is 2. The van der Waals surface area contributed by atoms with Gasteiger partial charge in [0.25, 0.3) is 0 Å². The van der Waals surface area contributed by atoms with Crippen LogP contribution in [0.1, 0.15) is 16.8 Å². The van der Waals surface area contributed by atoms with Gasteiger partial charge in [-0.1, -0.05) is 11.6 Å². The Balaban J connectivity index is 1.49. The van der Waals surface area contributed by atoms with E-state index in [0.717, 1.165) is 11.3 Å². The number of hydrogen-bond acceptors (Lipinski definition) is 6. The lowest BCUT2D eigenvalue weighted by atomic mass is 10.1. The van der Waals surface area contributed by atoms with Crippen molar-refractivity contribution >= 4 is 35.1 Å². The number of thioether (sulfide) groups is 1. The van der Waals surface area contributed by atoms with E-state index in [1.165, 1.54) is 11.8 Å². The first-order valence-corrected chi connectivity index (χ1v) is 9.45. The molecular weight excluding hydrogens is 376 g/mol. The highest BCUT2D eigenvalue weighted by Gasteiger charge is 2.15. The number of carbonyl (C=O) groups excluding carboxylic acids is 2. The fraction of sp³-hybridized carbons (Fsp3) is 0.263. The minimum atomic E-state index is -0.451. The molecule has 1 aliphatic heterocycles. The largest absolute Gasteiger partial charge is 0.490 e. The van der Waals surface area contributed by atoms with Crippen molar-refractivity contribution in [3.63, 3.8) is 0 Å². The van der Waals surface area contributed by atoms with E-state index in [0.29, 0.717) is 35.3 Å². The van der Waals surface area contributed by atoms with Crippen LogP contribution in [0.15, 0.2) is 47.4 Å². The molecule has 26 heavy (non-hydrogen) atoms. The summed E-state index contributed by atoms with van der Waals surface area (Å²) in [6, 6.07) is 12.1. The molecule has 0 aromatic heterocycles. The van der Waals surface area contributed by atoms with Gasteiger partial charge in [-0.2, -0.15) is 0 Å². The maximum absolute atomic E-state index is 12.2. The summed E-state index contributed by atoms with van der Waals surface area (Å²) in [6.07, 6.45) is 0.793. The van der Waals surface area contributed by atoms with Gasteiger partial charge in [-0.05, 0) is 42.5 Å². The highest BCUT2D eigenvalue weighted by Crippen LogP contribution is 2.30. The highest BCUT2D eigenvalue weighted by molar-refractivity contribution is 8.00. The Labute approximate surface area is 160 Å². The van der Waals surface area contributed by atoms with E-state index >= 15 is 0 Å². The number of Topliss-reactive ketones (excluding diaryl/α,β-unsaturated/α-hetero) is 1. The van der Waals surface area contributed by atoms with Crippen molar-refractivity contribution in [2.75, 3.05) is 25.6 Å². The summed E-state index contributed by atoms with van der Waals surface area (Å²) in [5.74, 6) is 0.544. The lowest BCUT2D eigenvalue weighted by molar-refractivity contribution is -0.139. The van der Waals surface area contributed by atoms with Crippen molar-refractivity contribution in [3.8, 4) is 11.5 Å². The average molecular weight is 393 g/mol. The Kier molecular flexibility index (Phi) is 6.41. The number of halogens is 1. The molecule has 1 heterocycles. The molecule has 5 nitrogen and oxygen atoms in total. The highest BCUT2D eigenvalue weighted by atomic mass is 35.5. The van der Waals surface area contributed by atoms with Gasteiger partial charge in [0.15, 0.2) is 23.9 Å². The molecule has 0 atom stereocenters. The number of rotatable bonds is 6. The third-order valence-electron chi connectivity index (χ3n) is 3.60. The molecule has 136 valence electrons. The maximum atomic E-state index is 12.2. The van der Waals surface area contributed by atoms with Crippen molar-refractivity contribution in [2.24, 2.45) is 0 Å².